The number of carbonyl (C=O) groups is 2. The van der Waals surface area contributed by atoms with Crippen LogP contribution in [0.1, 0.15) is 64.4 Å². The van der Waals surface area contributed by atoms with E-state index in [2.05, 4.69) is 0 Å². The quantitative estimate of drug-likeness (QED) is 0.202. The maximum Gasteiger partial charge on any atom is 0.306 e. The van der Waals surface area contributed by atoms with Crippen molar-refractivity contribution in [3.63, 3.8) is 0 Å². The monoisotopic (exact) mass is 442 g/mol. The fourth-order valence-electron chi connectivity index (χ4n) is 4.02. The van der Waals surface area contributed by atoms with Crippen LogP contribution in [0.4, 0.5) is 0 Å². The Hall–Kier alpha value is -2.24. The Kier molecular flexibility index (Phi) is 11.4. The maximum absolute atomic E-state index is 12.3. The van der Waals surface area contributed by atoms with Gasteiger partial charge in [-0.1, -0.05) is 55.5 Å². The van der Waals surface area contributed by atoms with E-state index in [1.807, 2.05) is 56.3 Å². The molecule has 176 valence electrons. The summed E-state index contributed by atoms with van der Waals surface area (Å²) in [5.74, 6) is -0.485. The minimum atomic E-state index is -0.642. The normalized spacial score (nSPS) is 24.2. The van der Waals surface area contributed by atoms with Crippen LogP contribution in [0.2, 0.25) is 0 Å². The maximum atomic E-state index is 12.3. The van der Waals surface area contributed by atoms with Gasteiger partial charge in [-0.25, -0.2) is 0 Å². The standard InChI is InChI=1S/C27H38O5/c1-3-20(2)32-27(31)14-10-5-4-9-13-23-24(26(30)19-25(23)29)18-17-22(28)16-15-21-11-7-6-8-12-21/h4,6-9,11-12,17-18,20,23-26,29-30H,3,5,10,13-16,19H2,1-2H3/b9-4-,18-17+/t20?,23?,24?,25-,26+/m0/s1. The van der Waals surface area contributed by atoms with Crippen LogP contribution in [0.5, 0.6) is 0 Å². The predicted molar refractivity (Wildman–Crippen MR) is 126 cm³/mol. The van der Waals surface area contributed by atoms with Gasteiger partial charge in [0.25, 0.3) is 0 Å². The van der Waals surface area contributed by atoms with Crippen molar-refractivity contribution in [3.05, 3.63) is 60.2 Å². The van der Waals surface area contributed by atoms with E-state index in [1.165, 1.54) is 0 Å². The summed E-state index contributed by atoms with van der Waals surface area (Å²) in [5.41, 5.74) is 1.13. The van der Waals surface area contributed by atoms with Gasteiger partial charge in [0.2, 0.25) is 0 Å². The smallest absolute Gasteiger partial charge is 0.306 e. The fourth-order valence-corrected chi connectivity index (χ4v) is 4.02. The number of allylic oxidation sites excluding steroid dienone is 3. The second kappa shape index (κ2) is 14.0. The van der Waals surface area contributed by atoms with Gasteiger partial charge < -0.3 is 14.9 Å². The lowest BCUT2D eigenvalue weighted by Crippen LogP contribution is -2.20. The topological polar surface area (TPSA) is 83.8 Å². The molecule has 0 aromatic heterocycles. The molecule has 0 aliphatic heterocycles. The molecule has 0 saturated heterocycles. The third kappa shape index (κ3) is 9.09. The van der Waals surface area contributed by atoms with E-state index in [1.54, 1.807) is 12.2 Å². The van der Waals surface area contributed by atoms with Gasteiger partial charge in [-0.3, -0.25) is 9.59 Å². The SMILES string of the molecule is CCC(C)OC(=O)CCC/C=C\CC1C(/C=C/C(=O)CCc2ccccc2)[C@H](O)C[C@@H]1O. The zero-order valence-electron chi connectivity index (χ0n) is 19.4. The number of rotatable bonds is 13. The van der Waals surface area contributed by atoms with Crippen LogP contribution in [0, 0.1) is 11.8 Å². The third-order valence-corrected chi connectivity index (χ3v) is 6.16. The van der Waals surface area contributed by atoms with Crippen molar-refractivity contribution in [1.82, 2.24) is 0 Å². The molecule has 1 saturated carbocycles. The van der Waals surface area contributed by atoms with Crippen molar-refractivity contribution < 1.29 is 24.5 Å². The number of ether oxygens (including phenoxy) is 1. The molecule has 5 nitrogen and oxygen atoms in total. The van der Waals surface area contributed by atoms with Gasteiger partial charge in [0.1, 0.15) is 0 Å². The summed E-state index contributed by atoms with van der Waals surface area (Å²) in [6, 6.07) is 9.88. The highest BCUT2D eigenvalue weighted by atomic mass is 16.5. The number of benzene rings is 1. The Morgan fingerprint density at radius 1 is 1.12 bits per heavy atom. The molecule has 1 aliphatic carbocycles. The summed E-state index contributed by atoms with van der Waals surface area (Å²) in [7, 11) is 0. The lowest BCUT2D eigenvalue weighted by Gasteiger charge is -2.19. The van der Waals surface area contributed by atoms with Gasteiger partial charge in [0.15, 0.2) is 5.78 Å². The Morgan fingerprint density at radius 2 is 1.88 bits per heavy atom. The summed E-state index contributed by atoms with van der Waals surface area (Å²) < 4.78 is 5.26. The number of hydrogen-bond donors (Lipinski definition) is 2. The number of hydrogen-bond acceptors (Lipinski definition) is 5. The number of unbranched alkanes of at least 4 members (excludes halogenated alkanes) is 1. The average Bonchev–Trinajstić information content (AvgIpc) is 3.05. The molecular weight excluding hydrogens is 404 g/mol. The number of esters is 1. The van der Waals surface area contributed by atoms with Crippen LogP contribution in [-0.4, -0.2) is 40.3 Å². The first kappa shape index (κ1) is 26.0. The highest BCUT2D eigenvalue weighted by Crippen LogP contribution is 2.36. The van der Waals surface area contributed by atoms with E-state index < -0.39 is 12.2 Å². The molecule has 2 N–H and O–H groups in total. The molecule has 5 atom stereocenters. The van der Waals surface area contributed by atoms with Crippen LogP contribution in [0.3, 0.4) is 0 Å². The number of aliphatic hydroxyl groups excluding tert-OH is 2. The molecule has 1 aromatic carbocycles. The van der Waals surface area contributed by atoms with Crippen LogP contribution in [0.15, 0.2) is 54.6 Å². The molecular formula is C27H38O5. The number of aliphatic hydroxyl groups is 2. The van der Waals surface area contributed by atoms with Crippen LogP contribution < -0.4 is 0 Å². The zero-order valence-corrected chi connectivity index (χ0v) is 19.4. The summed E-state index contributed by atoms with van der Waals surface area (Å²) in [6.07, 6.45) is 10.9. The highest BCUT2D eigenvalue weighted by Gasteiger charge is 2.39. The summed E-state index contributed by atoms with van der Waals surface area (Å²) >= 11 is 0. The van der Waals surface area contributed by atoms with Gasteiger partial charge in [-0.05, 0) is 56.6 Å². The second-order valence-electron chi connectivity index (χ2n) is 8.73. The van der Waals surface area contributed by atoms with Crippen LogP contribution in [0.25, 0.3) is 0 Å². The van der Waals surface area contributed by atoms with E-state index in [0.29, 0.717) is 32.1 Å². The third-order valence-electron chi connectivity index (χ3n) is 6.16. The summed E-state index contributed by atoms with van der Waals surface area (Å²) in [6.45, 7) is 3.87. The highest BCUT2D eigenvalue weighted by molar-refractivity contribution is 5.89. The second-order valence-corrected chi connectivity index (χ2v) is 8.73. The lowest BCUT2D eigenvalue weighted by molar-refractivity contribution is -0.148. The molecule has 0 heterocycles. The minimum Gasteiger partial charge on any atom is -0.463 e. The van der Waals surface area contributed by atoms with E-state index in [4.69, 9.17) is 4.74 Å². The molecule has 2 rings (SSSR count). The van der Waals surface area contributed by atoms with E-state index in [-0.39, 0.29) is 29.7 Å². The Labute approximate surface area is 192 Å². The number of carbonyl (C=O) groups excluding carboxylic acids is 2. The Morgan fingerprint density at radius 3 is 2.59 bits per heavy atom. The van der Waals surface area contributed by atoms with Gasteiger partial charge in [0, 0.05) is 25.2 Å². The van der Waals surface area contributed by atoms with Crippen molar-refractivity contribution >= 4 is 11.8 Å². The Balaban J connectivity index is 1.76. The van der Waals surface area contributed by atoms with Crippen molar-refractivity contribution in [3.8, 4) is 0 Å². The first-order valence-electron chi connectivity index (χ1n) is 11.9. The lowest BCUT2D eigenvalue weighted by atomic mass is 9.89. The molecule has 1 aromatic rings. The Bertz CT molecular complexity index is 755. The van der Waals surface area contributed by atoms with E-state index >= 15 is 0 Å². The molecule has 0 bridgehead atoms. The van der Waals surface area contributed by atoms with Gasteiger partial charge in [-0.2, -0.15) is 0 Å². The van der Waals surface area contributed by atoms with Crippen molar-refractivity contribution in [2.24, 2.45) is 11.8 Å². The van der Waals surface area contributed by atoms with Crippen LogP contribution >= 0.6 is 0 Å². The molecule has 0 amide bonds. The van der Waals surface area contributed by atoms with Crippen molar-refractivity contribution in [1.29, 1.82) is 0 Å². The van der Waals surface area contributed by atoms with Gasteiger partial charge >= 0.3 is 5.97 Å². The predicted octanol–water partition coefficient (Wildman–Crippen LogP) is 4.56. The molecule has 0 spiro atoms. The molecule has 0 radical (unpaired) electrons. The van der Waals surface area contributed by atoms with E-state index in [0.717, 1.165) is 24.8 Å². The molecule has 1 aliphatic rings. The summed E-state index contributed by atoms with van der Waals surface area (Å²) in [5, 5.41) is 20.7. The summed E-state index contributed by atoms with van der Waals surface area (Å²) in [4.78, 5) is 23.9. The van der Waals surface area contributed by atoms with Gasteiger partial charge in [0.05, 0.1) is 18.3 Å². The fraction of sp³-hybridized carbons (Fsp3) is 0.556. The van der Waals surface area contributed by atoms with Crippen molar-refractivity contribution in [2.45, 2.75) is 83.5 Å². The largest absolute Gasteiger partial charge is 0.463 e. The first-order chi connectivity index (χ1) is 15.4. The molecule has 3 unspecified atom stereocenters. The first-order valence-corrected chi connectivity index (χ1v) is 11.9. The van der Waals surface area contributed by atoms with Crippen molar-refractivity contribution in [2.75, 3.05) is 0 Å². The molecule has 1 fully saturated rings. The van der Waals surface area contributed by atoms with E-state index in [9.17, 15) is 19.8 Å². The average molecular weight is 443 g/mol. The minimum absolute atomic E-state index is 0.0287. The van der Waals surface area contributed by atoms with Gasteiger partial charge in [-0.15, -0.1) is 0 Å². The van der Waals surface area contributed by atoms with Crippen LogP contribution in [-0.2, 0) is 20.7 Å². The molecule has 32 heavy (non-hydrogen) atoms. The number of ketones is 1. The molecule has 5 heteroatoms. The number of aryl methyl sites for hydroxylation is 1. The zero-order chi connectivity index (χ0) is 23.3.